The van der Waals surface area contributed by atoms with Gasteiger partial charge in [-0.1, -0.05) is 27.7 Å². The van der Waals surface area contributed by atoms with Gasteiger partial charge in [-0.3, -0.25) is 4.79 Å². The molecule has 28 heavy (non-hydrogen) atoms. The first-order valence-corrected chi connectivity index (χ1v) is 12.3. The van der Waals surface area contributed by atoms with E-state index in [0.29, 0.717) is 5.22 Å². The summed E-state index contributed by atoms with van der Waals surface area (Å²) in [5.74, 6) is 3.46. The van der Waals surface area contributed by atoms with Gasteiger partial charge in [0.1, 0.15) is 0 Å². The third-order valence-electron chi connectivity index (χ3n) is 6.43. The van der Waals surface area contributed by atoms with E-state index in [4.69, 9.17) is 4.42 Å². The molecule has 0 spiro atoms. The minimum atomic E-state index is -0.0987. The fourth-order valence-corrected chi connectivity index (χ4v) is 7.03. The van der Waals surface area contributed by atoms with Crippen molar-refractivity contribution in [3.05, 3.63) is 33.0 Å². The highest BCUT2D eigenvalue weighted by atomic mass is 79.9. The zero-order valence-corrected chi connectivity index (χ0v) is 19.3. The average molecular weight is 527 g/mol. The third-order valence-corrected chi connectivity index (χ3v) is 8.43. The summed E-state index contributed by atoms with van der Waals surface area (Å²) >= 11 is 8.17. The second-order valence-corrected chi connectivity index (χ2v) is 11.2. The molecule has 0 atom stereocenters. The fraction of sp³-hybridized carbons (Fsp3) is 0.550. The lowest BCUT2D eigenvalue weighted by molar-refractivity contribution is -0.113. The molecule has 4 bridgehead atoms. The van der Waals surface area contributed by atoms with E-state index in [-0.39, 0.29) is 17.1 Å². The van der Waals surface area contributed by atoms with Crippen molar-refractivity contribution < 1.29 is 9.21 Å². The van der Waals surface area contributed by atoms with Crippen LogP contribution in [0.1, 0.15) is 44.4 Å². The Morgan fingerprint density at radius 3 is 2.50 bits per heavy atom. The van der Waals surface area contributed by atoms with Crippen LogP contribution in [0.15, 0.2) is 36.8 Å². The van der Waals surface area contributed by atoms with Crippen LogP contribution >= 0.6 is 43.6 Å². The van der Waals surface area contributed by atoms with Gasteiger partial charge in [0.05, 0.1) is 11.4 Å². The minimum absolute atomic E-state index is 0.0987. The molecule has 1 heterocycles. The zero-order chi connectivity index (χ0) is 19.3. The molecular formula is C20H21Br2N3O2S. The monoisotopic (exact) mass is 525 g/mol. The molecule has 1 aromatic heterocycles. The van der Waals surface area contributed by atoms with Crippen molar-refractivity contribution in [1.82, 2.24) is 10.2 Å². The maximum atomic E-state index is 12.3. The van der Waals surface area contributed by atoms with Gasteiger partial charge < -0.3 is 9.73 Å². The Kier molecular flexibility index (Phi) is 5.08. The summed E-state index contributed by atoms with van der Waals surface area (Å²) in [6.07, 6.45) is 7.76. The Bertz CT molecular complexity index is 881. The topological polar surface area (TPSA) is 68.0 Å². The van der Waals surface area contributed by atoms with Gasteiger partial charge in [-0.15, -0.1) is 10.2 Å². The number of carbonyl (C=O) groups excluding carboxylic acids is 1. The standard InChI is InChI=1S/C20H21Br2N3O2S/c21-14-1-2-15(22)16(6-14)23-17(26)10-28-19-25-24-18(27-19)20-7-11-3-12(8-20)5-13(4-11)9-20/h1-2,6,11-13H,3-5,7-10H2,(H,23,26). The van der Waals surface area contributed by atoms with Crippen molar-refractivity contribution in [3.8, 4) is 0 Å². The highest BCUT2D eigenvalue weighted by Gasteiger charge is 2.54. The van der Waals surface area contributed by atoms with E-state index in [9.17, 15) is 4.79 Å². The molecule has 1 amide bonds. The van der Waals surface area contributed by atoms with Crippen LogP contribution in [0.4, 0.5) is 5.69 Å². The molecule has 148 valence electrons. The van der Waals surface area contributed by atoms with Crippen LogP contribution in [0, 0.1) is 17.8 Å². The number of aromatic nitrogens is 2. The van der Waals surface area contributed by atoms with Crippen molar-refractivity contribution in [2.45, 2.75) is 49.2 Å². The molecule has 1 aromatic carbocycles. The zero-order valence-electron chi connectivity index (χ0n) is 15.3. The van der Waals surface area contributed by atoms with Gasteiger partial charge in [0, 0.05) is 14.4 Å². The summed E-state index contributed by atoms with van der Waals surface area (Å²) in [6, 6.07) is 5.67. The van der Waals surface area contributed by atoms with Crippen LogP contribution in [0.25, 0.3) is 0 Å². The lowest BCUT2D eigenvalue weighted by Gasteiger charge is -2.55. The first-order valence-electron chi connectivity index (χ1n) is 9.71. The molecule has 0 saturated heterocycles. The number of carbonyl (C=O) groups is 1. The molecule has 4 fully saturated rings. The Balaban J connectivity index is 1.23. The van der Waals surface area contributed by atoms with Gasteiger partial charge in [-0.2, -0.15) is 0 Å². The fourth-order valence-electron chi connectivity index (χ4n) is 5.76. The number of thioether (sulfide) groups is 1. The van der Waals surface area contributed by atoms with Crippen LogP contribution in [0.3, 0.4) is 0 Å². The van der Waals surface area contributed by atoms with E-state index < -0.39 is 0 Å². The number of anilines is 1. The number of halogens is 2. The molecule has 1 N–H and O–H groups in total. The number of amides is 1. The second kappa shape index (κ2) is 7.43. The van der Waals surface area contributed by atoms with Crippen molar-refractivity contribution in [1.29, 1.82) is 0 Å². The van der Waals surface area contributed by atoms with Crippen LogP contribution in [-0.2, 0) is 10.2 Å². The summed E-state index contributed by atoms with van der Waals surface area (Å²) in [4.78, 5) is 12.3. The number of rotatable bonds is 5. The molecule has 4 saturated carbocycles. The lowest BCUT2D eigenvalue weighted by atomic mass is 9.49. The first-order chi connectivity index (χ1) is 13.5. The molecule has 0 unspecified atom stereocenters. The highest BCUT2D eigenvalue weighted by Crippen LogP contribution is 2.60. The molecular weight excluding hydrogens is 506 g/mol. The predicted molar refractivity (Wildman–Crippen MR) is 115 cm³/mol. The van der Waals surface area contributed by atoms with E-state index >= 15 is 0 Å². The van der Waals surface area contributed by atoms with Crippen molar-refractivity contribution in [2.24, 2.45) is 17.8 Å². The Morgan fingerprint density at radius 1 is 1.14 bits per heavy atom. The van der Waals surface area contributed by atoms with Crippen LogP contribution < -0.4 is 5.32 Å². The van der Waals surface area contributed by atoms with Crippen molar-refractivity contribution in [3.63, 3.8) is 0 Å². The summed E-state index contributed by atoms with van der Waals surface area (Å²) < 4.78 is 7.81. The second-order valence-electron chi connectivity index (χ2n) is 8.53. The summed E-state index contributed by atoms with van der Waals surface area (Å²) in [6.45, 7) is 0. The van der Waals surface area contributed by atoms with Gasteiger partial charge in [-0.05, 0) is 90.4 Å². The summed E-state index contributed by atoms with van der Waals surface area (Å²) in [5.41, 5.74) is 0.837. The van der Waals surface area contributed by atoms with Gasteiger partial charge in [0.25, 0.3) is 5.22 Å². The van der Waals surface area contributed by atoms with Crippen LogP contribution in [0.5, 0.6) is 0 Å². The van der Waals surface area contributed by atoms with Gasteiger partial charge >= 0.3 is 0 Å². The molecule has 5 nitrogen and oxygen atoms in total. The van der Waals surface area contributed by atoms with Crippen LogP contribution in [-0.4, -0.2) is 21.9 Å². The number of hydrogen-bond acceptors (Lipinski definition) is 5. The van der Waals surface area contributed by atoms with Crippen molar-refractivity contribution >= 4 is 55.2 Å². The normalized spacial score (nSPS) is 30.6. The molecule has 0 radical (unpaired) electrons. The van der Waals surface area contributed by atoms with Crippen molar-refractivity contribution in [2.75, 3.05) is 11.1 Å². The van der Waals surface area contributed by atoms with Gasteiger partial charge in [0.2, 0.25) is 11.8 Å². The molecule has 2 aromatic rings. The SMILES string of the molecule is O=C(CSc1nnc(C23CC4CC(CC(C4)C2)C3)o1)Nc1cc(Br)ccc1Br. The molecule has 0 aliphatic heterocycles. The van der Waals surface area contributed by atoms with Crippen LogP contribution in [0.2, 0.25) is 0 Å². The lowest BCUT2D eigenvalue weighted by Crippen LogP contribution is -2.48. The van der Waals surface area contributed by atoms with E-state index in [0.717, 1.165) is 38.3 Å². The molecule has 4 aliphatic rings. The number of nitrogens with zero attached hydrogens (tertiary/aromatic N) is 2. The maximum Gasteiger partial charge on any atom is 0.277 e. The number of hydrogen-bond donors (Lipinski definition) is 1. The number of nitrogens with one attached hydrogen (secondary N) is 1. The highest BCUT2D eigenvalue weighted by molar-refractivity contribution is 9.11. The van der Waals surface area contributed by atoms with E-state index in [2.05, 4.69) is 47.4 Å². The molecule has 4 aliphatic carbocycles. The Labute approximate surface area is 185 Å². The Morgan fingerprint density at radius 2 is 1.82 bits per heavy atom. The predicted octanol–water partition coefficient (Wildman–Crippen LogP) is 5.79. The third kappa shape index (κ3) is 3.67. The summed E-state index contributed by atoms with van der Waals surface area (Å²) in [5, 5.41) is 12.0. The van der Waals surface area contributed by atoms with E-state index in [1.54, 1.807) is 0 Å². The first kappa shape index (κ1) is 19.1. The quantitative estimate of drug-likeness (QED) is 0.499. The minimum Gasteiger partial charge on any atom is -0.415 e. The molecule has 8 heteroatoms. The summed E-state index contributed by atoms with van der Waals surface area (Å²) in [7, 11) is 0. The largest absolute Gasteiger partial charge is 0.415 e. The number of benzene rings is 1. The maximum absolute atomic E-state index is 12.3. The Hall–Kier alpha value is -0.860. The van der Waals surface area contributed by atoms with E-state index in [1.165, 1.54) is 50.3 Å². The smallest absolute Gasteiger partial charge is 0.277 e. The average Bonchev–Trinajstić information content (AvgIpc) is 3.12. The molecule has 6 rings (SSSR count). The van der Waals surface area contributed by atoms with Gasteiger partial charge in [0.15, 0.2) is 0 Å². The van der Waals surface area contributed by atoms with E-state index in [1.807, 2.05) is 18.2 Å². The van der Waals surface area contributed by atoms with Gasteiger partial charge in [-0.25, -0.2) is 0 Å².